The van der Waals surface area contributed by atoms with E-state index in [4.69, 9.17) is 14.9 Å². The van der Waals surface area contributed by atoms with Crippen LogP contribution in [0, 0.1) is 6.92 Å². The average Bonchev–Trinajstić information content (AvgIpc) is 2.16. The number of hydrogen-bond donors (Lipinski definition) is 2. The first kappa shape index (κ1) is 27.7. The molecule has 0 amide bonds. The minimum atomic E-state index is -0.366. The van der Waals surface area contributed by atoms with E-state index in [9.17, 15) is 4.79 Å². The molecular weight excluding hydrogens is 303 g/mol. The first-order chi connectivity index (χ1) is 8.42. The van der Waals surface area contributed by atoms with Gasteiger partial charge in [0.05, 0.1) is 0 Å². The Morgan fingerprint density at radius 2 is 1.37 bits per heavy atom. The van der Waals surface area contributed by atoms with Gasteiger partial charge in [0.15, 0.2) is 0 Å². The quantitative estimate of drug-likeness (QED) is 0.440. The van der Waals surface area contributed by atoms with Gasteiger partial charge in [0.25, 0.3) is 5.97 Å². The zero-order chi connectivity index (χ0) is 16.6. The van der Waals surface area contributed by atoms with Crippen molar-refractivity contribution in [2.24, 2.45) is 0 Å². The Kier molecular flexibility index (Phi) is 26.8. The number of rotatable bonds is 1. The zero-order valence-corrected chi connectivity index (χ0v) is 15.5. The number of esters is 1. The van der Waals surface area contributed by atoms with Crippen LogP contribution in [-0.2, 0) is 28.9 Å². The van der Waals surface area contributed by atoms with E-state index in [2.05, 4.69) is 16.2 Å². The van der Waals surface area contributed by atoms with Crippen LogP contribution in [0.4, 0.5) is 0 Å². The van der Waals surface area contributed by atoms with E-state index >= 15 is 0 Å². The summed E-state index contributed by atoms with van der Waals surface area (Å²) in [6, 6.07) is 0. The van der Waals surface area contributed by atoms with Crippen molar-refractivity contribution >= 4 is 15.3 Å². The SMILES string of the molecule is CC(C)O.CC(C)O.[CH2-]CC(=O)OC(C)(C)C.[Cl][Ti+]. The van der Waals surface area contributed by atoms with Crippen molar-refractivity contribution < 1.29 is 39.1 Å². The third-order valence-electron chi connectivity index (χ3n) is 0.624. The number of aliphatic hydroxyl groups is 2. The maximum absolute atomic E-state index is 10.5. The van der Waals surface area contributed by atoms with Gasteiger partial charge in [0.1, 0.15) is 5.60 Å². The zero-order valence-electron chi connectivity index (χ0n) is 13.2. The van der Waals surface area contributed by atoms with Crippen LogP contribution in [0.2, 0.25) is 0 Å². The fourth-order valence-electron chi connectivity index (χ4n) is 0.393. The van der Waals surface area contributed by atoms with Crippen LogP contribution in [0.3, 0.4) is 0 Å². The third kappa shape index (κ3) is 90.4. The van der Waals surface area contributed by atoms with Crippen LogP contribution in [0.1, 0.15) is 54.9 Å². The van der Waals surface area contributed by atoms with Crippen LogP contribution in [-0.4, -0.2) is 34.0 Å². The van der Waals surface area contributed by atoms with E-state index in [0.717, 1.165) is 0 Å². The molecule has 0 heterocycles. The Morgan fingerprint density at radius 3 is 1.42 bits per heavy atom. The third-order valence-corrected chi connectivity index (χ3v) is 0.624. The molecule has 0 saturated carbocycles. The fraction of sp³-hybridized carbons (Fsp3) is 0.846. The summed E-state index contributed by atoms with van der Waals surface area (Å²) < 4.78 is 4.89. The van der Waals surface area contributed by atoms with Gasteiger partial charge in [-0.2, -0.15) is 0 Å². The predicted molar refractivity (Wildman–Crippen MR) is 76.4 cm³/mol. The van der Waals surface area contributed by atoms with Crippen LogP contribution in [0.5, 0.6) is 0 Å². The summed E-state index contributed by atoms with van der Waals surface area (Å²) in [6.45, 7) is 15.8. The number of aliphatic hydroxyl groups excluding tert-OH is 2. The van der Waals surface area contributed by atoms with E-state index in [-0.39, 0.29) is 30.2 Å². The standard InChI is InChI=1S/C7H13O2.2C3H8O.ClH.Ti/c1-5-6(8)9-7(2,3)4;2*1-3(2)4;;/h1,5H2,2-4H3;2*3-4H,1-2H3;1H;/q-1;;;;+2/p-1. The molecule has 0 aromatic rings. The molecule has 116 valence electrons. The van der Waals surface area contributed by atoms with Gasteiger partial charge in [-0.05, 0) is 48.5 Å². The normalized spacial score (nSPS) is 9.26. The van der Waals surface area contributed by atoms with Crippen molar-refractivity contribution in [3.63, 3.8) is 0 Å². The van der Waals surface area contributed by atoms with Crippen molar-refractivity contribution in [3.8, 4) is 0 Å². The number of halogens is 1. The molecule has 0 spiro atoms. The maximum atomic E-state index is 10.5. The molecule has 0 aliphatic heterocycles. The molecular formula is C13H29ClO4Ti. The second kappa shape index (κ2) is 18.4. The Bertz CT molecular complexity index is 168. The molecule has 19 heavy (non-hydrogen) atoms. The molecule has 0 unspecified atom stereocenters. The Hall–Kier alpha value is 0.394. The predicted octanol–water partition coefficient (Wildman–Crippen LogP) is 3.01. The van der Waals surface area contributed by atoms with Gasteiger partial charge in [0, 0.05) is 12.2 Å². The van der Waals surface area contributed by atoms with Gasteiger partial charge in [-0.15, -0.1) is 0 Å². The van der Waals surface area contributed by atoms with Crippen molar-refractivity contribution in [3.05, 3.63) is 6.92 Å². The first-order valence-corrected chi connectivity index (χ1v) is 8.13. The molecule has 0 aromatic carbocycles. The molecule has 0 bridgehead atoms. The molecule has 0 rings (SSSR count). The van der Waals surface area contributed by atoms with E-state index in [1.54, 1.807) is 27.7 Å². The molecule has 0 aliphatic carbocycles. The Labute approximate surface area is 134 Å². The monoisotopic (exact) mass is 332 g/mol. The fourth-order valence-corrected chi connectivity index (χ4v) is 0.393. The second-order valence-corrected chi connectivity index (χ2v) is 5.02. The van der Waals surface area contributed by atoms with Gasteiger partial charge < -0.3 is 21.9 Å². The summed E-state index contributed by atoms with van der Waals surface area (Å²) in [7, 11) is 4.64. The summed E-state index contributed by atoms with van der Waals surface area (Å²) in [5.41, 5.74) is -0.366. The number of hydrogen-bond acceptors (Lipinski definition) is 4. The van der Waals surface area contributed by atoms with Crippen molar-refractivity contribution in [2.45, 2.75) is 72.7 Å². The summed E-state index contributed by atoms with van der Waals surface area (Å²) in [5, 5.41) is 16.1. The van der Waals surface area contributed by atoms with E-state index in [1.807, 2.05) is 20.8 Å². The van der Waals surface area contributed by atoms with Crippen molar-refractivity contribution in [1.29, 1.82) is 0 Å². The molecule has 0 aliphatic rings. The van der Waals surface area contributed by atoms with E-state index < -0.39 is 0 Å². The van der Waals surface area contributed by atoms with Crippen LogP contribution in [0.15, 0.2) is 0 Å². The van der Waals surface area contributed by atoms with E-state index in [0.29, 0.717) is 0 Å². The molecule has 0 fully saturated rings. The minimum absolute atomic E-state index is 0.167. The molecule has 0 saturated heterocycles. The summed E-state index contributed by atoms with van der Waals surface area (Å²) in [5.74, 6) is -0.248. The average molecular weight is 333 g/mol. The summed E-state index contributed by atoms with van der Waals surface area (Å²) >= 11 is 1.47. The van der Waals surface area contributed by atoms with Gasteiger partial charge >= 0.3 is 28.7 Å². The van der Waals surface area contributed by atoms with Crippen LogP contribution >= 0.6 is 9.30 Å². The van der Waals surface area contributed by atoms with Gasteiger partial charge in [-0.1, -0.05) is 6.42 Å². The van der Waals surface area contributed by atoms with Crippen LogP contribution < -0.4 is 0 Å². The first-order valence-electron chi connectivity index (χ1n) is 5.98. The Morgan fingerprint density at radius 1 is 1.16 bits per heavy atom. The molecule has 0 radical (unpaired) electrons. The van der Waals surface area contributed by atoms with Gasteiger partial charge in [-0.25, -0.2) is 0 Å². The van der Waals surface area contributed by atoms with Gasteiger partial charge in [-0.3, -0.25) is 4.79 Å². The molecule has 4 nitrogen and oxygen atoms in total. The number of carbonyl (C=O) groups excluding carboxylic acids is 1. The van der Waals surface area contributed by atoms with Gasteiger partial charge in [0.2, 0.25) is 0 Å². The summed E-state index contributed by atoms with van der Waals surface area (Å²) in [6.07, 6.45) is -0.128. The number of carbonyl (C=O) groups is 1. The van der Waals surface area contributed by atoms with Crippen molar-refractivity contribution in [1.82, 2.24) is 0 Å². The second-order valence-electron chi connectivity index (χ2n) is 5.02. The number of ether oxygens (including phenoxy) is 1. The molecule has 2 N–H and O–H groups in total. The molecule has 6 heteroatoms. The van der Waals surface area contributed by atoms with Crippen LogP contribution in [0.25, 0.3) is 0 Å². The molecule has 0 aromatic heterocycles. The van der Waals surface area contributed by atoms with Crippen molar-refractivity contribution in [2.75, 3.05) is 0 Å². The Balaban J connectivity index is -0.0000000944. The topological polar surface area (TPSA) is 66.8 Å². The van der Waals surface area contributed by atoms with E-state index in [1.165, 1.54) is 19.4 Å². The molecule has 0 atom stereocenters. The summed E-state index contributed by atoms with van der Waals surface area (Å²) in [4.78, 5) is 10.5.